The van der Waals surface area contributed by atoms with Crippen LogP contribution in [-0.4, -0.2) is 18.8 Å². The number of ether oxygens (including phenoxy) is 1. The molecular weight excluding hydrogens is 200 g/mol. The quantitative estimate of drug-likeness (QED) is 0.473. The summed E-state index contributed by atoms with van der Waals surface area (Å²) < 4.78 is 5.77. The monoisotopic (exact) mass is 230 g/mol. The van der Waals surface area contributed by atoms with E-state index in [0.717, 1.165) is 18.9 Å². The first-order valence-electron chi connectivity index (χ1n) is 6.60. The van der Waals surface area contributed by atoms with Crippen molar-refractivity contribution in [2.24, 2.45) is 17.7 Å². The van der Waals surface area contributed by atoms with Crippen molar-refractivity contribution in [2.75, 3.05) is 6.61 Å². The van der Waals surface area contributed by atoms with Gasteiger partial charge in [0.15, 0.2) is 0 Å². The molecule has 2 atom stereocenters. The van der Waals surface area contributed by atoms with E-state index in [1.807, 2.05) is 6.92 Å². The summed E-state index contributed by atoms with van der Waals surface area (Å²) in [6.45, 7) is 11.7. The van der Waals surface area contributed by atoms with Crippen molar-refractivity contribution in [3.63, 3.8) is 0 Å². The van der Waals surface area contributed by atoms with Crippen molar-refractivity contribution < 1.29 is 4.74 Å². The van der Waals surface area contributed by atoms with Crippen LogP contribution in [-0.2, 0) is 4.74 Å². The largest absolute Gasteiger partial charge is 0.377 e. The number of hydrogen-bond donors (Lipinski definition) is 2. The lowest BCUT2D eigenvalue weighted by Gasteiger charge is -2.29. The predicted octanol–water partition coefficient (Wildman–Crippen LogP) is 2.71. The summed E-state index contributed by atoms with van der Waals surface area (Å²) in [5.41, 5.74) is 2.92. The lowest BCUT2D eigenvalue weighted by molar-refractivity contribution is 0.000720. The molecule has 0 radical (unpaired) electrons. The van der Waals surface area contributed by atoms with E-state index in [1.165, 1.54) is 12.8 Å². The highest BCUT2D eigenvalue weighted by Crippen LogP contribution is 2.17. The minimum Gasteiger partial charge on any atom is -0.377 e. The van der Waals surface area contributed by atoms with Crippen LogP contribution in [0.15, 0.2) is 0 Å². The van der Waals surface area contributed by atoms with E-state index in [0.29, 0.717) is 5.92 Å². The summed E-state index contributed by atoms with van der Waals surface area (Å²) in [6.07, 6.45) is 3.79. The third kappa shape index (κ3) is 6.46. The molecule has 0 aliphatic heterocycles. The number of nitrogens with two attached hydrogens (primary N) is 1. The number of rotatable bonds is 9. The van der Waals surface area contributed by atoms with Crippen LogP contribution in [0.2, 0.25) is 0 Å². The molecule has 3 nitrogen and oxygen atoms in total. The second kappa shape index (κ2) is 8.97. The molecule has 0 rings (SSSR count). The van der Waals surface area contributed by atoms with Crippen LogP contribution < -0.4 is 11.3 Å². The first-order chi connectivity index (χ1) is 7.52. The average molecular weight is 230 g/mol. The molecule has 0 aliphatic carbocycles. The fraction of sp³-hybridized carbons (Fsp3) is 1.00. The molecule has 16 heavy (non-hydrogen) atoms. The average Bonchev–Trinajstić information content (AvgIpc) is 2.21. The summed E-state index contributed by atoms with van der Waals surface area (Å²) in [7, 11) is 0. The van der Waals surface area contributed by atoms with Gasteiger partial charge in [0.1, 0.15) is 0 Å². The fourth-order valence-electron chi connectivity index (χ4n) is 2.05. The normalized spacial score (nSPS) is 15.8. The van der Waals surface area contributed by atoms with Gasteiger partial charge in [0.05, 0.1) is 6.10 Å². The van der Waals surface area contributed by atoms with Crippen molar-refractivity contribution in [3.05, 3.63) is 0 Å². The first kappa shape index (κ1) is 15.9. The van der Waals surface area contributed by atoms with Gasteiger partial charge < -0.3 is 4.74 Å². The van der Waals surface area contributed by atoms with Crippen LogP contribution in [0.1, 0.15) is 53.9 Å². The second-order valence-electron chi connectivity index (χ2n) is 5.26. The summed E-state index contributed by atoms with van der Waals surface area (Å²) in [5.74, 6) is 6.90. The van der Waals surface area contributed by atoms with Gasteiger partial charge in [0, 0.05) is 12.6 Å². The molecule has 2 unspecified atom stereocenters. The number of hydrazine groups is 1. The van der Waals surface area contributed by atoms with E-state index in [9.17, 15) is 0 Å². The van der Waals surface area contributed by atoms with Crippen LogP contribution in [0.3, 0.4) is 0 Å². The lowest BCUT2D eigenvalue weighted by atomic mass is 9.94. The van der Waals surface area contributed by atoms with E-state index in [-0.39, 0.29) is 12.1 Å². The van der Waals surface area contributed by atoms with Crippen molar-refractivity contribution in [1.82, 2.24) is 5.43 Å². The molecule has 0 fully saturated rings. The topological polar surface area (TPSA) is 47.3 Å². The standard InChI is InChI=1S/C13H30N2O/c1-6-16-13(11(4)5)12(15-14)9-7-8-10(2)3/h10-13,15H,6-9,14H2,1-5H3. The van der Waals surface area contributed by atoms with E-state index in [1.54, 1.807) is 0 Å². The number of nitrogens with one attached hydrogen (secondary N) is 1. The van der Waals surface area contributed by atoms with Gasteiger partial charge in [0.2, 0.25) is 0 Å². The van der Waals surface area contributed by atoms with E-state index in [2.05, 4.69) is 33.1 Å². The Labute approximate surface area is 101 Å². The van der Waals surface area contributed by atoms with Crippen molar-refractivity contribution >= 4 is 0 Å². The molecular formula is C13H30N2O. The summed E-state index contributed by atoms with van der Waals surface area (Å²) in [6, 6.07) is 0.277. The zero-order chi connectivity index (χ0) is 12.6. The van der Waals surface area contributed by atoms with Gasteiger partial charge in [-0.1, -0.05) is 40.5 Å². The summed E-state index contributed by atoms with van der Waals surface area (Å²) >= 11 is 0. The molecule has 0 saturated carbocycles. The number of hydrogen-bond acceptors (Lipinski definition) is 3. The first-order valence-corrected chi connectivity index (χ1v) is 6.60. The maximum absolute atomic E-state index is 5.77. The molecule has 3 heteroatoms. The fourth-order valence-corrected chi connectivity index (χ4v) is 2.05. The lowest BCUT2D eigenvalue weighted by Crippen LogP contribution is -2.47. The van der Waals surface area contributed by atoms with Crippen LogP contribution in [0.4, 0.5) is 0 Å². The maximum atomic E-state index is 5.77. The minimum absolute atomic E-state index is 0.224. The highest BCUT2D eigenvalue weighted by molar-refractivity contribution is 4.78. The molecule has 0 aromatic rings. The Morgan fingerprint density at radius 2 is 1.75 bits per heavy atom. The Kier molecular flexibility index (Phi) is 8.90. The van der Waals surface area contributed by atoms with E-state index >= 15 is 0 Å². The molecule has 0 heterocycles. The van der Waals surface area contributed by atoms with Crippen molar-refractivity contribution in [1.29, 1.82) is 0 Å². The van der Waals surface area contributed by atoms with Gasteiger partial charge in [-0.2, -0.15) is 0 Å². The highest BCUT2D eigenvalue weighted by Gasteiger charge is 2.23. The zero-order valence-electron chi connectivity index (χ0n) is 11.6. The van der Waals surface area contributed by atoms with Crippen LogP contribution in [0.25, 0.3) is 0 Å². The smallest absolute Gasteiger partial charge is 0.0764 e. The highest BCUT2D eigenvalue weighted by atomic mass is 16.5. The van der Waals surface area contributed by atoms with Crippen LogP contribution in [0.5, 0.6) is 0 Å². The van der Waals surface area contributed by atoms with Gasteiger partial charge in [-0.3, -0.25) is 11.3 Å². The van der Waals surface area contributed by atoms with Gasteiger partial charge in [-0.25, -0.2) is 0 Å². The van der Waals surface area contributed by atoms with Crippen LogP contribution in [0, 0.1) is 11.8 Å². The molecule has 0 saturated heterocycles. The summed E-state index contributed by atoms with van der Waals surface area (Å²) in [4.78, 5) is 0. The van der Waals surface area contributed by atoms with E-state index < -0.39 is 0 Å². The van der Waals surface area contributed by atoms with Crippen molar-refractivity contribution in [3.8, 4) is 0 Å². The molecule has 0 aromatic heterocycles. The molecule has 0 aromatic carbocycles. The SMILES string of the molecule is CCOC(C(C)C)C(CCCC(C)C)NN. The Morgan fingerprint density at radius 3 is 2.12 bits per heavy atom. The minimum atomic E-state index is 0.224. The predicted molar refractivity (Wildman–Crippen MR) is 70.1 cm³/mol. The molecule has 0 spiro atoms. The molecule has 0 amide bonds. The summed E-state index contributed by atoms with van der Waals surface area (Å²) in [5, 5.41) is 0. The molecule has 98 valence electrons. The Hall–Kier alpha value is -0.120. The van der Waals surface area contributed by atoms with Gasteiger partial charge in [-0.05, 0) is 25.2 Å². The molecule has 0 aliphatic rings. The van der Waals surface area contributed by atoms with Gasteiger partial charge in [0.25, 0.3) is 0 Å². The third-order valence-corrected chi connectivity index (χ3v) is 2.92. The Balaban J connectivity index is 4.09. The van der Waals surface area contributed by atoms with Gasteiger partial charge >= 0.3 is 0 Å². The van der Waals surface area contributed by atoms with Crippen molar-refractivity contribution in [2.45, 2.75) is 66.0 Å². The van der Waals surface area contributed by atoms with Gasteiger partial charge in [-0.15, -0.1) is 0 Å². The van der Waals surface area contributed by atoms with E-state index in [4.69, 9.17) is 10.6 Å². The van der Waals surface area contributed by atoms with Crippen LogP contribution >= 0.6 is 0 Å². The maximum Gasteiger partial charge on any atom is 0.0764 e. The molecule has 3 N–H and O–H groups in total. The molecule has 0 bridgehead atoms. The Bertz CT molecular complexity index is 160. The third-order valence-electron chi connectivity index (χ3n) is 2.92. The Morgan fingerprint density at radius 1 is 1.12 bits per heavy atom. The second-order valence-corrected chi connectivity index (χ2v) is 5.26. The zero-order valence-corrected chi connectivity index (χ0v) is 11.6.